The summed E-state index contributed by atoms with van der Waals surface area (Å²) in [7, 11) is 1.09. The minimum atomic E-state index is -1.77. The van der Waals surface area contributed by atoms with Gasteiger partial charge in [0, 0.05) is 18.8 Å². The Hall–Kier alpha value is -4.02. The predicted molar refractivity (Wildman–Crippen MR) is 100 cm³/mol. The minimum Gasteiger partial charge on any atom is -0.491 e. The third-order valence-electron chi connectivity index (χ3n) is 5.40. The molecule has 1 aromatic carbocycles. The summed E-state index contributed by atoms with van der Waals surface area (Å²) in [4.78, 5) is 43.0. The molecule has 2 aromatic heterocycles. The molecule has 0 aliphatic carbocycles. The van der Waals surface area contributed by atoms with Crippen LogP contribution < -0.4 is 15.4 Å². The fourth-order valence-electron chi connectivity index (χ4n) is 3.98. The van der Waals surface area contributed by atoms with Crippen LogP contribution in [0.4, 0.5) is 13.6 Å². The van der Waals surface area contributed by atoms with Crippen molar-refractivity contribution in [2.45, 2.75) is 12.1 Å². The van der Waals surface area contributed by atoms with Gasteiger partial charge in [0.25, 0.3) is 11.8 Å². The van der Waals surface area contributed by atoms with Gasteiger partial charge in [-0.25, -0.2) is 13.6 Å². The summed E-state index contributed by atoms with van der Waals surface area (Å²) in [6, 6.07) is 5.00. The Labute approximate surface area is 173 Å². The molecule has 4 amide bonds. The van der Waals surface area contributed by atoms with Crippen molar-refractivity contribution < 1.29 is 32.3 Å². The summed E-state index contributed by atoms with van der Waals surface area (Å²) >= 11 is 0. The van der Waals surface area contributed by atoms with Crippen LogP contribution in [0.25, 0.3) is 11.1 Å². The number of amides is 4. The van der Waals surface area contributed by atoms with Crippen molar-refractivity contribution in [1.29, 1.82) is 0 Å². The zero-order chi connectivity index (χ0) is 21.9. The number of pyridine rings is 1. The summed E-state index contributed by atoms with van der Waals surface area (Å²) in [5.74, 6) is -4.19. The molecule has 0 unspecified atom stereocenters. The van der Waals surface area contributed by atoms with Crippen molar-refractivity contribution in [2.24, 2.45) is 0 Å². The minimum absolute atomic E-state index is 0.0533. The largest absolute Gasteiger partial charge is 0.491 e. The lowest BCUT2D eigenvalue weighted by Crippen LogP contribution is -2.52. The Balaban J connectivity index is 1.57. The lowest BCUT2D eigenvalue weighted by Gasteiger charge is -2.28. The molecule has 11 heteroatoms. The molecule has 4 heterocycles. The maximum atomic E-state index is 14.7. The van der Waals surface area contributed by atoms with Crippen LogP contribution in [0.3, 0.4) is 0 Å². The number of imide groups is 1. The topological polar surface area (TPSA) is 114 Å². The molecular formula is C20H14F2N4O5. The number of aromatic nitrogens is 1. The Morgan fingerprint density at radius 1 is 1.29 bits per heavy atom. The van der Waals surface area contributed by atoms with Crippen molar-refractivity contribution in [3.8, 4) is 5.75 Å². The summed E-state index contributed by atoms with van der Waals surface area (Å²) < 4.78 is 39.2. The van der Waals surface area contributed by atoms with Crippen LogP contribution in [0.1, 0.15) is 21.7 Å². The summed E-state index contributed by atoms with van der Waals surface area (Å²) in [6.07, 6.45) is 1.53. The van der Waals surface area contributed by atoms with E-state index >= 15 is 0 Å². The number of halogens is 2. The zero-order valence-electron chi connectivity index (χ0n) is 16.0. The molecule has 0 spiro atoms. The standard InChI is InChI=1S/C20H14F2N4O5/c1-30-16-10(21)5-9-7-26(17(27)14(9)15(16)22)8-20(18(28)24-19(29)25-20)13-6-11-12(31-13)3-2-4-23-11/h2-6H,7-8H2,1H3,(H2,24,25,28,29)/t20-/m0/s1. The zero-order valence-corrected chi connectivity index (χ0v) is 16.0. The Morgan fingerprint density at radius 3 is 2.77 bits per heavy atom. The van der Waals surface area contributed by atoms with Gasteiger partial charge < -0.3 is 19.4 Å². The molecule has 1 saturated heterocycles. The van der Waals surface area contributed by atoms with Gasteiger partial charge in [-0.05, 0) is 23.8 Å². The number of benzene rings is 1. The molecule has 0 bridgehead atoms. The van der Waals surface area contributed by atoms with Crippen molar-refractivity contribution in [3.63, 3.8) is 0 Å². The van der Waals surface area contributed by atoms with Gasteiger partial charge in [0.2, 0.25) is 0 Å². The summed E-state index contributed by atoms with van der Waals surface area (Å²) in [5, 5.41) is 4.65. The van der Waals surface area contributed by atoms with E-state index in [1.165, 1.54) is 12.3 Å². The monoisotopic (exact) mass is 428 g/mol. The van der Waals surface area contributed by atoms with Crippen LogP contribution in [0.15, 0.2) is 34.9 Å². The number of ether oxygens (including phenoxy) is 1. The number of rotatable bonds is 4. The molecule has 2 aliphatic heterocycles. The number of carbonyl (C=O) groups excluding carboxylic acids is 3. The maximum Gasteiger partial charge on any atom is 0.322 e. The predicted octanol–water partition coefficient (Wildman–Crippen LogP) is 1.81. The molecule has 1 fully saturated rings. The lowest BCUT2D eigenvalue weighted by atomic mass is 9.95. The normalized spacial score (nSPS) is 20.2. The van der Waals surface area contributed by atoms with Crippen molar-refractivity contribution in [1.82, 2.24) is 20.5 Å². The SMILES string of the molecule is COc1c(F)cc2c(c1F)C(=O)N(C[C@@]1(c3cc4ncccc4o3)NC(=O)NC1=O)C2. The average Bonchev–Trinajstić information content (AvgIpc) is 3.37. The molecular weight excluding hydrogens is 414 g/mol. The van der Waals surface area contributed by atoms with Gasteiger partial charge in [-0.3, -0.25) is 19.9 Å². The molecule has 0 radical (unpaired) electrons. The van der Waals surface area contributed by atoms with E-state index in [4.69, 9.17) is 9.15 Å². The first kappa shape index (κ1) is 19.0. The van der Waals surface area contributed by atoms with E-state index < -0.39 is 40.8 Å². The molecule has 0 saturated carbocycles. The maximum absolute atomic E-state index is 14.7. The number of furan rings is 1. The van der Waals surface area contributed by atoms with Crippen LogP contribution in [0.2, 0.25) is 0 Å². The third kappa shape index (κ3) is 2.66. The molecule has 3 aromatic rings. The molecule has 2 N–H and O–H groups in total. The van der Waals surface area contributed by atoms with Crippen LogP contribution in [0.5, 0.6) is 5.75 Å². The quantitative estimate of drug-likeness (QED) is 0.613. The number of hydrogen-bond donors (Lipinski definition) is 2. The average molecular weight is 428 g/mol. The van der Waals surface area contributed by atoms with Gasteiger partial charge in [0.05, 0.1) is 19.2 Å². The first-order valence-corrected chi connectivity index (χ1v) is 9.17. The first-order valence-electron chi connectivity index (χ1n) is 9.17. The van der Waals surface area contributed by atoms with E-state index in [-0.39, 0.29) is 30.0 Å². The second-order valence-electron chi connectivity index (χ2n) is 7.21. The second kappa shape index (κ2) is 6.49. The number of urea groups is 1. The molecule has 2 aliphatic rings. The van der Waals surface area contributed by atoms with E-state index in [2.05, 4.69) is 15.6 Å². The van der Waals surface area contributed by atoms with Crippen LogP contribution in [-0.2, 0) is 16.9 Å². The highest BCUT2D eigenvalue weighted by Crippen LogP contribution is 2.37. The van der Waals surface area contributed by atoms with Gasteiger partial charge in [0.1, 0.15) is 11.3 Å². The van der Waals surface area contributed by atoms with Crippen LogP contribution >= 0.6 is 0 Å². The molecule has 1 atom stereocenters. The number of carbonyl (C=O) groups is 3. The number of hydrogen-bond acceptors (Lipinski definition) is 6. The number of nitrogens with zero attached hydrogens (tertiary/aromatic N) is 2. The Morgan fingerprint density at radius 2 is 2.10 bits per heavy atom. The van der Waals surface area contributed by atoms with E-state index in [0.29, 0.717) is 11.1 Å². The highest BCUT2D eigenvalue weighted by Gasteiger charge is 2.53. The molecule has 5 rings (SSSR count). The molecule has 9 nitrogen and oxygen atoms in total. The first-order chi connectivity index (χ1) is 14.8. The smallest absolute Gasteiger partial charge is 0.322 e. The lowest BCUT2D eigenvalue weighted by molar-refractivity contribution is -0.125. The highest BCUT2D eigenvalue weighted by atomic mass is 19.1. The highest BCUT2D eigenvalue weighted by molar-refractivity contribution is 6.08. The van der Waals surface area contributed by atoms with Gasteiger partial charge in [0.15, 0.2) is 28.5 Å². The number of nitrogens with one attached hydrogen (secondary N) is 2. The fourth-order valence-corrected chi connectivity index (χ4v) is 3.98. The van der Waals surface area contributed by atoms with Gasteiger partial charge in [-0.15, -0.1) is 0 Å². The van der Waals surface area contributed by atoms with E-state index in [1.807, 2.05) is 0 Å². The van der Waals surface area contributed by atoms with E-state index in [1.54, 1.807) is 12.1 Å². The summed E-state index contributed by atoms with van der Waals surface area (Å²) in [6.45, 7) is -0.545. The Bertz CT molecular complexity index is 1260. The van der Waals surface area contributed by atoms with Crippen LogP contribution in [0, 0.1) is 11.6 Å². The number of fused-ring (bicyclic) bond motifs is 2. The van der Waals surface area contributed by atoms with Crippen molar-refractivity contribution >= 4 is 28.9 Å². The van der Waals surface area contributed by atoms with Gasteiger partial charge >= 0.3 is 6.03 Å². The second-order valence-corrected chi connectivity index (χ2v) is 7.21. The Kier molecular flexibility index (Phi) is 3.97. The van der Waals surface area contributed by atoms with Crippen LogP contribution in [-0.4, -0.2) is 41.4 Å². The molecule has 31 heavy (non-hydrogen) atoms. The summed E-state index contributed by atoms with van der Waals surface area (Å²) in [5.41, 5.74) is -1.19. The van der Waals surface area contributed by atoms with E-state index in [9.17, 15) is 23.2 Å². The fraction of sp³-hybridized carbons (Fsp3) is 0.200. The third-order valence-corrected chi connectivity index (χ3v) is 5.40. The van der Waals surface area contributed by atoms with Gasteiger partial charge in [-0.1, -0.05) is 0 Å². The molecule has 158 valence electrons. The van der Waals surface area contributed by atoms with Crippen molar-refractivity contribution in [2.75, 3.05) is 13.7 Å². The van der Waals surface area contributed by atoms with Crippen molar-refractivity contribution in [3.05, 3.63) is 59.0 Å². The number of methoxy groups -OCH3 is 1. The van der Waals surface area contributed by atoms with Gasteiger partial charge in [-0.2, -0.15) is 0 Å². The van der Waals surface area contributed by atoms with E-state index in [0.717, 1.165) is 18.1 Å².